The average molecular weight is 429 g/mol. The molecule has 7 heteroatoms. The van der Waals surface area contributed by atoms with Crippen molar-refractivity contribution in [2.45, 2.75) is 58.8 Å². The molecule has 1 aliphatic heterocycles. The Morgan fingerprint density at radius 3 is 2.40 bits per heavy atom. The van der Waals surface area contributed by atoms with Gasteiger partial charge in [0.1, 0.15) is 21.8 Å². The Bertz CT molecular complexity index is 707. The molecule has 2 unspecified atom stereocenters. The first-order valence-corrected chi connectivity index (χ1v) is 10.0. The van der Waals surface area contributed by atoms with Gasteiger partial charge in [0, 0.05) is 16.5 Å². The average Bonchev–Trinajstić information content (AvgIpc) is 2.43. The van der Waals surface area contributed by atoms with Gasteiger partial charge in [0.25, 0.3) is 0 Å². The predicted octanol–water partition coefficient (Wildman–Crippen LogP) is 5.00. The highest BCUT2D eigenvalue weighted by atomic mass is 79.9. The molecule has 1 heterocycles. The second kappa shape index (κ2) is 6.93. The first kappa shape index (κ1) is 20.3. The maximum atomic E-state index is 12.6. The summed E-state index contributed by atoms with van der Waals surface area (Å²) in [6.07, 6.45) is -0.554. The van der Waals surface area contributed by atoms with Crippen LogP contribution in [0.15, 0.2) is 27.1 Å². The lowest BCUT2D eigenvalue weighted by Crippen LogP contribution is -2.51. The maximum absolute atomic E-state index is 12.6. The number of amides is 1. The summed E-state index contributed by atoms with van der Waals surface area (Å²) in [5, 5.41) is 9.82. The molecular formula is C18H25BrN2O3S. The molecule has 0 saturated heterocycles. The zero-order chi connectivity index (χ0) is 19.2. The molecular weight excluding hydrogens is 404 g/mol. The molecule has 138 valence electrons. The van der Waals surface area contributed by atoms with Crippen molar-refractivity contribution in [3.8, 4) is 0 Å². The Kier molecular flexibility index (Phi) is 5.62. The van der Waals surface area contributed by atoms with Crippen molar-refractivity contribution in [3.63, 3.8) is 0 Å². The van der Waals surface area contributed by atoms with Crippen LogP contribution in [0.2, 0.25) is 0 Å². The van der Waals surface area contributed by atoms with Crippen LogP contribution >= 0.6 is 15.9 Å². The number of hydrogen-bond acceptors (Lipinski definition) is 3. The first-order valence-electron chi connectivity index (χ1n) is 8.14. The summed E-state index contributed by atoms with van der Waals surface area (Å²) in [6.45, 7) is 11.7. The van der Waals surface area contributed by atoms with Crippen LogP contribution in [0.4, 0.5) is 10.5 Å². The molecule has 1 aromatic rings. The molecule has 0 radical (unpaired) electrons. The van der Waals surface area contributed by atoms with Gasteiger partial charge in [-0.2, -0.15) is 0 Å². The lowest BCUT2D eigenvalue weighted by Gasteiger charge is -2.42. The van der Waals surface area contributed by atoms with Crippen LogP contribution < -0.4 is 4.90 Å². The van der Waals surface area contributed by atoms with E-state index in [0.717, 1.165) is 10.0 Å². The summed E-state index contributed by atoms with van der Waals surface area (Å²) in [5.74, 6) is 0. The number of benzene rings is 1. The van der Waals surface area contributed by atoms with Gasteiger partial charge in [-0.3, -0.25) is 4.90 Å². The third kappa shape index (κ3) is 4.38. The number of nitrogens with zero attached hydrogens (tertiary/aromatic N) is 2. The van der Waals surface area contributed by atoms with E-state index in [1.165, 1.54) is 4.90 Å². The number of halogens is 1. The zero-order valence-corrected chi connectivity index (χ0v) is 17.9. The summed E-state index contributed by atoms with van der Waals surface area (Å²) in [7, 11) is 0. The summed E-state index contributed by atoms with van der Waals surface area (Å²) in [4.78, 5) is 13.4. The van der Waals surface area contributed by atoms with Gasteiger partial charge in [0.15, 0.2) is 0 Å². The van der Waals surface area contributed by atoms with Gasteiger partial charge in [0.05, 0.1) is 11.7 Å². The lowest BCUT2D eigenvalue weighted by atomic mass is 9.79. The number of fused-ring (bicyclic) bond motifs is 1. The zero-order valence-electron chi connectivity index (χ0n) is 15.5. The van der Waals surface area contributed by atoms with E-state index in [9.17, 15) is 14.5 Å². The molecule has 2 atom stereocenters. The van der Waals surface area contributed by atoms with Crippen LogP contribution in [0, 0.1) is 5.41 Å². The molecule has 1 amide bonds. The molecule has 25 heavy (non-hydrogen) atoms. The molecule has 5 nitrogen and oxygen atoms in total. The van der Waals surface area contributed by atoms with Crippen molar-refractivity contribution < 1.29 is 14.5 Å². The number of hydrogen-bond donors (Lipinski definition) is 1. The second-order valence-electron chi connectivity index (χ2n) is 8.30. The SMILES string of the molecule is CC(C)(C)C1CC(=N[S+]([O-])C(C)(C)C)c2ccc(Br)cc2N1C(=O)O. The summed E-state index contributed by atoms with van der Waals surface area (Å²) < 4.78 is 17.4. The fourth-order valence-corrected chi connectivity index (χ4v) is 3.75. The molecule has 0 bridgehead atoms. The number of carbonyl (C=O) groups is 1. The normalized spacial score (nSPS) is 21.2. The Morgan fingerprint density at radius 1 is 1.32 bits per heavy atom. The van der Waals surface area contributed by atoms with Crippen LogP contribution in [-0.2, 0) is 11.4 Å². The van der Waals surface area contributed by atoms with E-state index < -0.39 is 22.2 Å². The Morgan fingerprint density at radius 2 is 1.92 bits per heavy atom. The smallest absolute Gasteiger partial charge is 0.412 e. The highest BCUT2D eigenvalue weighted by Gasteiger charge is 2.42. The van der Waals surface area contributed by atoms with Gasteiger partial charge < -0.3 is 9.66 Å². The summed E-state index contributed by atoms with van der Waals surface area (Å²) in [6, 6.07) is 5.19. The molecule has 1 aliphatic rings. The van der Waals surface area contributed by atoms with Crippen molar-refractivity contribution in [2.24, 2.45) is 9.81 Å². The first-order chi connectivity index (χ1) is 11.3. The van der Waals surface area contributed by atoms with Crippen molar-refractivity contribution in [1.82, 2.24) is 0 Å². The van der Waals surface area contributed by atoms with Crippen molar-refractivity contribution in [3.05, 3.63) is 28.2 Å². The monoisotopic (exact) mass is 428 g/mol. The number of rotatable bonds is 1. The molecule has 0 aliphatic carbocycles. The molecule has 0 fully saturated rings. The molecule has 1 aromatic carbocycles. The quantitative estimate of drug-likeness (QED) is 0.638. The van der Waals surface area contributed by atoms with Gasteiger partial charge >= 0.3 is 6.09 Å². The molecule has 2 rings (SSSR count). The van der Waals surface area contributed by atoms with Gasteiger partial charge in [-0.05, 0) is 44.4 Å². The largest absolute Gasteiger partial charge is 0.591 e. The minimum Gasteiger partial charge on any atom is -0.591 e. The van der Waals surface area contributed by atoms with Gasteiger partial charge in [-0.1, -0.05) is 41.1 Å². The highest BCUT2D eigenvalue weighted by Crippen LogP contribution is 2.40. The van der Waals surface area contributed by atoms with Crippen LogP contribution in [-0.4, -0.2) is 32.3 Å². The van der Waals surface area contributed by atoms with E-state index in [4.69, 9.17) is 0 Å². The Labute approximate surface area is 161 Å². The third-order valence-corrected chi connectivity index (χ3v) is 6.08. The fourth-order valence-electron chi connectivity index (χ4n) is 2.75. The van der Waals surface area contributed by atoms with Crippen molar-refractivity contribution >= 4 is 44.8 Å². The highest BCUT2D eigenvalue weighted by molar-refractivity contribution is 9.10. The molecule has 0 aromatic heterocycles. The van der Waals surface area contributed by atoms with Crippen molar-refractivity contribution in [1.29, 1.82) is 0 Å². The van der Waals surface area contributed by atoms with E-state index >= 15 is 0 Å². The fraction of sp³-hybridized carbons (Fsp3) is 0.556. The van der Waals surface area contributed by atoms with E-state index in [1.54, 1.807) is 6.07 Å². The second-order valence-corrected chi connectivity index (χ2v) is 11.1. The number of carboxylic acid groups (broad SMARTS) is 1. The maximum Gasteiger partial charge on any atom is 0.412 e. The Balaban J connectivity index is 2.66. The lowest BCUT2D eigenvalue weighted by molar-refractivity contribution is 0.189. The number of anilines is 1. The van der Waals surface area contributed by atoms with Crippen LogP contribution in [0.5, 0.6) is 0 Å². The van der Waals surface area contributed by atoms with E-state index in [1.807, 2.05) is 53.7 Å². The van der Waals surface area contributed by atoms with Crippen LogP contribution in [0.3, 0.4) is 0 Å². The molecule has 0 spiro atoms. The molecule has 0 saturated carbocycles. The van der Waals surface area contributed by atoms with Gasteiger partial charge in [-0.25, -0.2) is 4.79 Å². The summed E-state index contributed by atoms with van der Waals surface area (Å²) >= 11 is 2.02. The van der Waals surface area contributed by atoms with Crippen LogP contribution in [0.1, 0.15) is 53.5 Å². The van der Waals surface area contributed by atoms with E-state index in [0.29, 0.717) is 17.8 Å². The van der Waals surface area contributed by atoms with Crippen molar-refractivity contribution in [2.75, 3.05) is 4.90 Å². The summed E-state index contributed by atoms with van der Waals surface area (Å²) in [5.41, 5.74) is 1.72. The van der Waals surface area contributed by atoms with E-state index in [2.05, 4.69) is 20.3 Å². The van der Waals surface area contributed by atoms with Gasteiger partial charge in [0.2, 0.25) is 0 Å². The Hall–Kier alpha value is -1.05. The predicted molar refractivity (Wildman–Crippen MR) is 107 cm³/mol. The topological polar surface area (TPSA) is 76.0 Å². The van der Waals surface area contributed by atoms with Gasteiger partial charge in [-0.15, -0.1) is 0 Å². The van der Waals surface area contributed by atoms with Crippen LogP contribution in [0.25, 0.3) is 0 Å². The minimum atomic E-state index is -1.40. The van der Waals surface area contributed by atoms with E-state index in [-0.39, 0.29) is 11.5 Å². The third-order valence-electron chi connectivity index (χ3n) is 4.15. The molecule has 1 N–H and O–H groups in total. The minimum absolute atomic E-state index is 0.289. The standard InChI is InChI=1S/C18H25BrN2O3S/c1-17(2,3)15-10-13(20-25(24)18(4,5)6)12-8-7-11(19)9-14(12)21(15)16(22)23/h7-9,15H,10H2,1-6H3,(H,22,23).